The molecule has 9 heteroatoms. The molecule has 1 saturated carbocycles. The van der Waals surface area contributed by atoms with Crippen LogP contribution in [0, 0.1) is 11.3 Å². The molecule has 1 aromatic carbocycles. The lowest BCUT2D eigenvalue weighted by Gasteiger charge is -2.39. The van der Waals surface area contributed by atoms with Crippen molar-refractivity contribution in [1.82, 2.24) is 30.8 Å². The van der Waals surface area contributed by atoms with Crippen molar-refractivity contribution in [1.29, 1.82) is 5.26 Å². The molecule has 1 aromatic heterocycles. The van der Waals surface area contributed by atoms with Gasteiger partial charge in [0.1, 0.15) is 11.6 Å². The van der Waals surface area contributed by atoms with Crippen LogP contribution in [0.3, 0.4) is 0 Å². The lowest BCUT2D eigenvalue weighted by molar-refractivity contribution is -0.125. The van der Waals surface area contributed by atoms with Crippen LogP contribution in [0.2, 0.25) is 0 Å². The molecule has 1 heterocycles. The van der Waals surface area contributed by atoms with Crippen LogP contribution in [0.4, 0.5) is 4.79 Å². The first-order chi connectivity index (χ1) is 18.4. The number of benzene rings is 1. The van der Waals surface area contributed by atoms with E-state index < -0.39 is 17.1 Å². The molecule has 3 amide bonds. The van der Waals surface area contributed by atoms with Crippen molar-refractivity contribution >= 4 is 17.5 Å². The number of hydrogen-bond acceptors (Lipinski definition) is 6. The Balaban J connectivity index is 1.57. The van der Waals surface area contributed by atoms with Crippen molar-refractivity contribution in [3.63, 3.8) is 0 Å². The zero-order valence-corrected chi connectivity index (χ0v) is 22.0. The largest absolute Gasteiger partial charge is 0.352 e. The molecule has 9 nitrogen and oxygen atoms in total. The normalized spacial score (nSPS) is 20.2. The number of nitrogens with zero attached hydrogens (tertiary/aromatic N) is 4. The third kappa shape index (κ3) is 6.26. The second-order valence-electron chi connectivity index (χ2n) is 10.2. The summed E-state index contributed by atoms with van der Waals surface area (Å²) in [5.74, 6) is -0.194. The summed E-state index contributed by atoms with van der Waals surface area (Å²) in [7, 11) is 3.88. The van der Waals surface area contributed by atoms with E-state index in [1.165, 1.54) is 0 Å². The molecule has 2 aliphatic carbocycles. The summed E-state index contributed by atoms with van der Waals surface area (Å²) in [5.41, 5.74) is 0.692. The first-order valence-electron chi connectivity index (χ1n) is 13.1. The number of nitriles is 1. The predicted octanol–water partition coefficient (Wildman–Crippen LogP) is 3.27. The van der Waals surface area contributed by atoms with Crippen molar-refractivity contribution in [2.45, 2.75) is 49.6 Å². The Morgan fingerprint density at radius 3 is 2.50 bits per heavy atom. The van der Waals surface area contributed by atoms with E-state index in [9.17, 15) is 14.9 Å². The van der Waals surface area contributed by atoms with Crippen LogP contribution >= 0.6 is 0 Å². The van der Waals surface area contributed by atoms with E-state index in [1.54, 1.807) is 18.3 Å². The predicted molar refractivity (Wildman–Crippen MR) is 146 cm³/mol. The fourth-order valence-corrected chi connectivity index (χ4v) is 5.08. The van der Waals surface area contributed by atoms with Crippen LogP contribution in [-0.2, 0) is 10.3 Å². The topological polar surface area (TPSA) is 123 Å². The zero-order valence-electron chi connectivity index (χ0n) is 22.0. The summed E-state index contributed by atoms with van der Waals surface area (Å²) in [6, 6.07) is 13.2. The lowest BCUT2D eigenvalue weighted by atomic mass is 9.79. The Morgan fingerprint density at radius 2 is 1.84 bits per heavy atom. The van der Waals surface area contributed by atoms with Gasteiger partial charge in [-0.05, 0) is 50.2 Å². The average Bonchev–Trinajstić information content (AvgIpc) is 2.94. The van der Waals surface area contributed by atoms with Gasteiger partial charge in [0.2, 0.25) is 11.7 Å². The summed E-state index contributed by atoms with van der Waals surface area (Å²) >= 11 is 0. The van der Waals surface area contributed by atoms with E-state index in [-0.39, 0.29) is 11.7 Å². The number of likely N-dealkylation sites (N-methyl/N-ethyl adjacent to an activating group) is 1. The number of urea groups is 1. The van der Waals surface area contributed by atoms with Gasteiger partial charge in [0.15, 0.2) is 0 Å². The fraction of sp³-hybridized carbons (Fsp3) is 0.414. The van der Waals surface area contributed by atoms with E-state index in [1.807, 2.05) is 67.5 Å². The molecule has 0 bridgehead atoms. The van der Waals surface area contributed by atoms with Gasteiger partial charge in [-0.2, -0.15) is 5.26 Å². The Bertz CT molecular complexity index is 1240. The number of amides is 3. The van der Waals surface area contributed by atoms with Gasteiger partial charge in [-0.15, -0.1) is 0 Å². The summed E-state index contributed by atoms with van der Waals surface area (Å²) < 4.78 is 0. The minimum absolute atomic E-state index is 0.0696. The Morgan fingerprint density at radius 1 is 1.08 bits per heavy atom. The van der Waals surface area contributed by atoms with E-state index >= 15 is 0 Å². The minimum Gasteiger partial charge on any atom is -0.352 e. The summed E-state index contributed by atoms with van der Waals surface area (Å²) in [5, 5.41) is 18.4. The molecule has 0 saturated heterocycles. The molecule has 198 valence electrons. The first kappa shape index (κ1) is 27.0. The van der Waals surface area contributed by atoms with Crippen LogP contribution in [0.25, 0.3) is 5.57 Å². The van der Waals surface area contributed by atoms with Crippen molar-refractivity contribution in [2.24, 2.45) is 0 Å². The van der Waals surface area contributed by atoms with Crippen LogP contribution < -0.4 is 16.0 Å². The molecule has 1 fully saturated rings. The molecule has 2 aromatic rings. The fourth-order valence-electron chi connectivity index (χ4n) is 5.08. The van der Waals surface area contributed by atoms with Gasteiger partial charge in [0.05, 0.1) is 11.2 Å². The molecule has 1 unspecified atom stereocenters. The summed E-state index contributed by atoms with van der Waals surface area (Å²) in [6.45, 7) is 1.14. The maximum absolute atomic E-state index is 13.6. The molecule has 0 spiro atoms. The van der Waals surface area contributed by atoms with E-state index in [0.29, 0.717) is 38.0 Å². The maximum atomic E-state index is 13.6. The highest BCUT2D eigenvalue weighted by Gasteiger charge is 2.42. The van der Waals surface area contributed by atoms with Crippen molar-refractivity contribution in [3.05, 3.63) is 77.9 Å². The SMILES string of the molecule is CN(C)CCNC(=O)C1(NC(=O)NC2(c3ccnc(C#N)n3)CCCCC2)C=CC(c2ccccc2)=CC1. The van der Waals surface area contributed by atoms with Gasteiger partial charge in [-0.25, -0.2) is 14.8 Å². The standard InChI is InChI=1S/C29H35N7O2/c1-36(2)20-19-32-26(37)29(16-11-23(12-17-29)22-9-5-3-6-10-22)35-27(38)34-28(14-7-4-8-15-28)24-13-18-31-25(21-30)33-24/h3,5-6,9-13,16,18H,4,7-8,14-15,17,19-20H2,1-2H3,(H,32,37)(H2,34,35,38). The molecule has 0 radical (unpaired) electrons. The van der Waals surface area contributed by atoms with Gasteiger partial charge in [0, 0.05) is 25.7 Å². The van der Waals surface area contributed by atoms with Gasteiger partial charge >= 0.3 is 6.03 Å². The van der Waals surface area contributed by atoms with Crippen LogP contribution in [-0.4, -0.2) is 59.5 Å². The molecule has 0 aliphatic heterocycles. The Hall–Kier alpha value is -4.03. The minimum atomic E-state index is -1.24. The maximum Gasteiger partial charge on any atom is 0.316 e. The highest BCUT2D eigenvalue weighted by atomic mass is 16.2. The van der Waals surface area contributed by atoms with Gasteiger partial charge in [0.25, 0.3) is 0 Å². The molecular formula is C29H35N7O2. The second kappa shape index (κ2) is 12.0. The number of hydrogen-bond donors (Lipinski definition) is 3. The highest BCUT2D eigenvalue weighted by Crippen LogP contribution is 2.36. The van der Waals surface area contributed by atoms with Crippen molar-refractivity contribution < 1.29 is 9.59 Å². The van der Waals surface area contributed by atoms with Gasteiger partial charge < -0.3 is 20.9 Å². The average molecular weight is 514 g/mol. The first-order valence-corrected chi connectivity index (χ1v) is 13.1. The molecule has 1 atom stereocenters. The van der Waals surface area contributed by atoms with E-state index in [4.69, 9.17) is 0 Å². The number of carbonyl (C=O) groups is 2. The second-order valence-corrected chi connectivity index (χ2v) is 10.2. The highest BCUT2D eigenvalue weighted by molar-refractivity contribution is 5.95. The van der Waals surface area contributed by atoms with E-state index in [0.717, 1.165) is 30.4 Å². The summed E-state index contributed by atoms with van der Waals surface area (Å²) in [6.07, 6.45) is 11.8. The van der Waals surface area contributed by atoms with E-state index in [2.05, 4.69) is 25.9 Å². The third-order valence-electron chi connectivity index (χ3n) is 7.19. The Kier molecular flexibility index (Phi) is 8.54. The number of carbonyl (C=O) groups excluding carboxylic acids is 2. The van der Waals surface area contributed by atoms with Crippen LogP contribution in [0.1, 0.15) is 55.6 Å². The third-order valence-corrected chi connectivity index (χ3v) is 7.19. The molecule has 4 rings (SSSR count). The lowest BCUT2D eigenvalue weighted by Crippen LogP contribution is -2.62. The quantitative estimate of drug-likeness (QED) is 0.498. The van der Waals surface area contributed by atoms with Crippen LogP contribution in [0.15, 0.2) is 60.8 Å². The molecular weight excluding hydrogens is 478 g/mol. The van der Waals surface area contributed by atoms with Gasteiger partial charge in [-0.1, -0.05) is 61.7 Å². The monoisotopic (exact) mass is 513 g/mol. The number of aromatic nitrogens is 2. The number of nitrogens with one attached hydrogen (secondary N) is 3. The smallest absolute Gasteiger partial charge is 0.316 e. The number of allylic oxidation sites excluding steroid dienone is 2. The number of rotatable bonds is 8. The Labute approximate surface area is 224 Å². The van der Waals surface area contributed by atoms with Crippen molar-refractivity contribution in [2.75, 3.05) is 27.2 Å². The van der Waals surface area contributed by atoms with Crippen LogP contribution in [0.5, 0.6) is 0 Å². The summed E-state index contributed by atoms with van der Waals surface area (Å²) in [4.78, 5) is 37.5. The molecule has 2 aliphatic rings. The zero-order chi connectivity index (χ0) is 27.0. The molecule has 3 N–H and O–H groups in total. The van der Waals surface area contributed by atoms with Gasteiger partial charge in [-0.3, -0.25) is 4.79 Å². The molecule has 38 heavy (non-hydrogen) atoms. The van der Waals surface area contributed by atoms with Crippen molar-refractivity contribution in [3.8, 4) is 6.07 Å².